The molecular weight excluding hydrogens is 188 g/mol. The molecule has 0 atom stereocenters. The number of nitrogen functional groups attached to an aromatic ring is 1. The fourth-order valence-electron chi connectivity index (χ4n) is 1.12. The number of rotatable bonds is 3. The number of nitrogens with two attached hydrogens (primary N) is 1. The Morgan fingerprint density at radius 1 is 1.79 bits per heavy atom. The summed E-state index contributed by atoms with van der Waals surface area (Å²) in [6.45, 7) is 2.24. The second kappa shape index (κ2) is 3.88. The van der Waals surface area contributed by atoms with Crippen molar-refractivity contribution in [1.82, 2.24) is 9.99 Å². The summed E-state index contributed by atoms with van der Waals surface area (Å²) in [7, 11) is 0. The van der Waals surface area contributed by atoms with Gasteiger partial charge in [0.2, 0.25) is 0 Å². The number of nitrogens with one attached hydrogen (secondary N) is 1. The number of nitro groups is 1. The van der Waals surface area contributed by atoms with Crippen molar-refractivity contribution in [2.75, 3.05) is 0 Å². The number of carbonyl (C=O) groups excluding carboxylic acids is 1. The number of amides is 1. The number of hydrogen-bond donors (Lipinski definition) is 2. The zero-order chi connectivity index (χ0) is 10.7. The van der Waals surface area contributed by atoms with Crippen molar-refractivity contribution in [2.24, 2.45) is 5.84 Å². The fraction of sp³-hybridized carbons (Fsp3) is 0.286. The van der Waals surface area contributed by atoms with Crippen molar-refractivity contribution in [3.63, 3.8) is 0 Å². The lowest BCUT2D eigenvalue weighted by Gasteiger charge is -2.02. The summed E-state index contributed by atoms with van der Waals surface area (Å²) in [6.07, 6.45) is 1.30. The summed E-state index contributed by atoms with van der Waals surface area (Å²) in [5.74, 6) is 4.39. The van der Waals surface area contributed by atoms with Crippen molar-refractivity contribution < 1.29 is 9.72 Å². The second-order valence-electron chi connectivity index (χ2n) is 2.60. The first-order valence-electron chi connectivity index (χ1n) is 3.95. The van der Waals surface area contributed by atoms with E-state index in [1.54, 1.807) is 6.92 Å². The highest BCUT2D eigenvalue weighted by molar-refractivity contribution is 5.93. The monoisotopic (exact) mass is 198 g/mol. The predicted octanol–water partition coefficient (Wildman–Crippen LogP) is 0.0197. The molecule has 7 heteroatoms. The van der Waals surface area contributed by atoms with Gasteiger partial charge in [0.15, 0.2) is 0 Å². The molecule has 0 radical (unpaired) electrons. The maximum absolute atomic E-state index is 11.1. The maximum Gasteiger partial charge on any atom is 0.287 e. The van der Waals surface area contributed by atoms with E-state index in [1.165, 1.54) is 16.8 Å². The summed E-state index contributed by atoms with van der Waals surface area (Å²) >= 11 is 0. The molecule has 1 aromatic heterocycles. The largest absolute Gasteiger partial charge is 0.337 e. The molecule has 7 nitrogen and oxygen atoms in total. The molecule has 0 spiro atoms. The minimum Gasteiger partial charge on any atom is -0.337 e. The molecule has 14 heavy (non-hydrogen) atoms. The van der Waals surface area contributed by atoms with Crippen LogP contribution in [-0.4, -0.2) is 15.4 Å². The van der Waals surface area contributed by atoms with Crippen molar-refractivity contribution in [2.45, 2.75) is 13.5 Å². The smallest absolute Gasteiger partial charge is 0.287 e. The Balaban J connectivity index is 3.15. The van der Waals surface area contributed by atoms with Gasteiger partial charge in [0.25, 0.3) is 11.6 Å². The van der Waals surface area contributed by atoms with E-state index in [9.17, 15) is 14.9 Å². The van der Waals surface area contributed by atoms with Gasteiger partial charge in [0, 0.05) is 12.6 Å². The number of carbonyl (C=O) groups is 1. The molecule has 1 rings (SSSR count). The molecule has 1 amide bonds. The van der Waals surface area contributed by atoms with E-state index >= 15 is 0 Å². The zero-order valence-corrected chi connectivity index (χ0v) is 7.56. The Labute approximate surface area is 79.6 Å². The molecular formula is C7H10N4O3. The average Bonchev–Trinajstić information content (AvgIpc) is 2.60. The SMILES string of the molecule is CCn1cc([N+](=O)[O-])cc1C(=O)NN. The van der Waals surface area contributed by atoms with Crippen LogP contribution in [-0.2, 0) is 6.54 Å². The van der Waals surface area contributed by atoms with Crippen LogP contribution in [0.5, 0.6) is 0 Å². The summed E-state index contributed by atoms with van der Waals surface area (Å²) in [6, 6.07) is 1.19. The van der Waals surface area contributed by atoms with Crippen molar-refractivity contribution in [3.05, 3.63) is 28.1 Å². The number of nitrogens with zero attached hydrogens (tertiary/aromatic N) is 2. The van der Waals surface area contributed by atoms with Gasteiger partial charge in [-0.3, -0.25) is 20.3 Å². The molecule has 0 unspecified atom stereocenters. The zero-order valence-electron chi connectivity index (χ0n) is 7.56. The normalized spacial score (nSPS) is 9.86. The molecule has 3 N–H and O–H groups in total. The van der Waals surface area contributed by atoms with E-state index < -0.39 is 10.8 Å². The van der Waals surface area contributed by atoms with Crippen LogP contribution in [0.3, 0.4) is 0 Å². The van der Waals surface area contributed by atoms with Gasteiger partial charge in [-0.1, -0.05) is 0 Å². The number of hydrazine groups is 1. The Bertz CT molecular complexity index is 371. The highest BCUT2D eigenvalue weighted by Crippen LogP contribution is 2.15. The third-order valence-electron chi connectivity index (χ3n) is 1.80. The summed E-state index contributed by atoms with van der Waals surface area (Å²) in [5.41, 5.74) is 1.99. The van der Waals surface area contributed by atoms with E-state index in [4.69, 9.17) is 5.84 Å². The number of aryl methyl sites for hydroxylation is 1. The van der Waals surface area contributed by atoms with Crippen molar-refractivity contribution in [3.8, 4) is 0 Å². The van der Waals surface area contributed by atoms with Gasteiger partial charge in [0.1, 0.15) is 5.69 Å². The van der Waals surface area contributed by atoms with Crippen LogP contribution >= 0.6 is 0 Å². The lowest BCUT2D eigenvalue weighted by molar-refractivity contribution is -0.384. The predicted molar refractivity (Wildman–Crippen MR) is 48.4 cm³/mol. The lowest BCUT2D eigenvalue weighted by atomic mass is 10.4. The van der Waals surface area contributed by atoms with Gasteiger partial charge in [-0.05, 0) is 6.92 Å². The molecule has 0 saturated heterocycles. The average molecular weight is 198 g/mol. The van der Waals surface area contributed by atoms with Gasteiger partial charge < -0.3 is 4.57 Å². The fourth-order valence-corrected chi connectivity index (χ4v) is 1.12. The molecule has 1 aromatic rings. The highest BCUT2D eigenvalue weighted by Gasteiger charge is 2.17. The standard InChI is InChI=1S/C7H10N4O3/c1-2-10-4-5(11(13)14)3-6(10)7(12)9-8/h3-4H,2,8H2,1H3,(H,9,12). The topological polar surface area (TPSA) is 103 Å². The first kappa shape index (κ1) is 10.2. The van der Waals surface area contributed by atoms with Crippen LogP contribution in [0, 0.1) is 10.1 Å². The third-order valence-corrected chi connectivity index (χ3v) is 1.80. The van der Waals surface area contributed by atoms with E-state index in [0.29, 0.717) is 6.54 Å². The summed E-state index contributed by atoms with van der Waals surface area (Å²) in [5, 5.41) is 10.4. The van der Waals surface area contributed by atoms with Crippen LogP contribution in [0.15, 0.2) is 12.3 Å². The maximum atomic E-state index is 11.1. The van der Waals surface area contributed by atoms with Crippen LogP contribution in [0.1, 0.15) is 17.4 Å². The third kappa shape index (κ3) is 1.72. The quantitative estimate of drug-likeness (QED) is 0.309. The van der Waals surface area contributed by atoms with E-state index in [2.05, 4.69) is 0 Å². The van der Waals surface area contributed by atoms with Gasteiger partial charge >= 0.3 is 0 Å². The van der Waals surface area contributed by atoms with Gasteiger partial charge in [-0.25, -0.2) is 5.84 Å². The molecule has 0 aliphatic heterocycles. The Kier molecular flexibility index (Phi) is 2.82. The Morgan fingerprint density at radius 3 is 2.86 bits per heavy atom. The minimum atomic E-state index is -0.556. The second-order valence-corrected chi connectivity index (χ2v) is 2.60. The minimum absolute atomic E-state index is 0.120. The molecule has 0 aliphatic carbocycles. The molecule has 0 aliphatic rings. The molecule has 0 aromatic carbocycles. The Morgan fingerprint density at radius 2 is 2.43 bits per heavy atom. The highest BCUT2D eigenvalue weighted by atomic mass is 16.6. The summed E-state index contributed by atoms with van der Waals surface area (Å²) in [4.78, 5) is 21.0. The van der Waals surface area contributed by atoms with Gasteiger partial charge in [0.05, 0.1) is 11.1 Å². The van der Waals surface area contributed by atoms with Gasteiger partial charge in [-0.15, -0.1) is 0 Å². The van der Waals surface area contributed by atoms with Crippen molar-refractivity contribution >= 4 is 11.6 Å². The first-order chi connectivity index (χ1) is 6.60. The summed E-state index contributed by atoms with van der Waals surface area (Å²) < 4.78 is 1.46. The van der Waals surface area contributed by atoms with Gasteiger partial charge in [-0.2, -0.15) is 0 Å². The number of hydrogen-bond acceptors (Lipinski definition) is 4. The van der Waals surface area contributed by atoms with Crippen LogP contribution in [0.4, 0.5) is 5.69 Å². The van der Waals surface area contributed by atoms with E-state index in [1.807, 2.05) is 5.43 Å². The molecule has 0 fully saturated rings. The van der Waals surface area contributed by atoms with Crippen molar-refractivity contribution in [1.29, 1.82) is 0 Å². The number of aromatic nitrogens is 1. The Hall–Kier alpha value is -1.89. The van der Waals surface area contributed by atoms with Crippen LogP contribution in [0.25, 0.3) is 0 Å². The van der Waals surface area contributed by atoms with Crippen LogP contribution < -0.4 is 11.3 Å². The first-order valence-corrected chi connectivity index (χ1v) is 3.95. The molecule has 0 bridgehead atoms. The van der Waals surface area contributed by atoms with E-state index in [0.717, 1.165) is 0 Å². The molecule has 1 heterocycles. The molecule has 76 valence electrons. The molecule has 0 saturated carbocycles. The lowest BCUT2D eigenvalue weighted by Crippen LogP contribution is -2.31. The van der Waals surface area contributed by atoms with Crippen LogP contribution in [0.2, 0.25) is 0 Å². The van der Waals surface area contributed by atoms with E-state index in [-0.39, 0.29) is 11.4 Å².